The smallest absolute Gasteiger partial charge is 0.277 e. The number of nitrogens with zero attached hydrogens (tertiary/aromatic N) is 3. The van der Waals surface area contributed by atoms with Crippen LogP contribution in [0.25, 0.3) is 0 Å². The summed E-state index contributed by atoms with van der Waals surface area (Å²) in [5.74, 6) is -0.802. The Hall–Kier alpha value is -2.38. The zero-order chi connectivity index (χ0) is 18.7. The summed E-state index contributed by atoms with van der Waals surface area (Å²) in [4.78, 5) is 29.6. The molecule has 0 aliphatic carbocycles. The maximum Gasteiger partial charge on any atom is 0.277 e. The Morgan fingerprint density at radius 1 is 1.23 bits per heavy atom. The van der Waals surface area contributed by atoms with Crippen LogP contribution in [-0.2, 0) is 9.59 Å². The number of imide groups is 1. The van der Waals surface area contributed by atoms with Gasteiger partial charge in [0.2, 0.25) is 0 Å². The van der Waals surface area contributed by atoms with Gasteiger partial charge in [0.25, 0.3) is 11.8 Å². The average Bonchev–Trinajstić information content (AvgIpc) is 2.90. The highest BCUT2D eigenvalue weighted by atomic mass is 16.3. The molecule has 7 heteroatoms. The molecule has 1 fully saturated rings. The number of hydrogen-bond donors (Lipinski definition) is 2. The largest absolute Gasteiger partial charge is 0.395 e. The molecule has 140 valence electrons. The summed E-state index contributed by atoms with van der Waals surface area (Å²) in [5, 5.41) is 12.0. The van der Waals surface area contributed by atoms with Gasteiger partial charge in [-0.25, -0.2) is 0 Å². The van der Waals surface area contributed by atoms with Gasteiger partial charge in [-0.3, -0.25) is 14.5 Å². The van der Waals surface area contributed by atoms with Gasteiger partial charge in [-0.15, -0.1) is 0 Å². The normalized spacial score (nSPS) is 20.8. The Morgan fingerprint density at radius 3 is 2.62 bits per heavy atom. The number of carbonyl (C=O) groups excluding carboxylic acids is 2. The van der Waals surface area contributed by atoms with Crippen LogP contribution in [0.1, 0.15) is 12.8 Å². The fraction of sp³-hybridized carbons (Fsp3) is 0.474. The predicted molar refractivity (Wildman–Crippen MR) is 101 cm³/mol. The van der Waals surface area contributed by atoms with E-state index in [0.717, 1.165) is 29.4 Å². The topological polar surface area (TPSA) is 76.1 Å². The molecule has 0 radical (unpaired) electrons. The van der Waals surface area contributed by atoms with Crippen LogP contribution < -0.4 is 10.2 Å². The molecule has 2 N–H and O–H groups in total. The SMILES string of the molecule is CN(C)C1CCCN(c2ccc(NC3=CC(=O)N(CCO)C3=O)cc2)C1. The predicted octanol–water partition coefficient (Wildman–Crippen LogP) is 0.874. The van der Waals surface area contributed by atoms with Crippen molar-refractivity contribution in [1.82, 2.24) is 9.80 Å². The summed E-state index contributed by atoms with van der Waals surface area (Å²) in [6, 6.07) is 8.47. The molecule has 0 spiro atoms. The highest BCUT2D eigenvalue weighted by Crippen LogP contribution is 2.24. The molecule has 1 saturated heterocycles. The molecule has 0 bridgehead atoms. The number of nitrogens with one attached hydrogen (secondary N) is 1. The number of aliphatic hydroxyl groups excluding tert-OH is 1. The molecule has 2 amide bonds. The number of β-amino-alcohol motifs (C(OH)–C–C–N with tert-alkyl or cyclic N) is 1. The van der Waals surface area contributed by atoms with Gasteiger partial charge >= 0.3 is 0 Å². The maximum absolute atomic E-state index is 12.2. The van der Waals surface area contributed by atoms with Crippen molar-refractivity contribution in [3.63, 3.8) is 0 Å². The molecule has 1 aromatic rings. The molecule has 1 unspecified atom stereocenters. The van der Waals surface area contributed by atoms with Gasteiger partial charge in [0, 0.05) is 36.6 Å². The zero-order valence-corrected chi connectivity index (χ0v) is 15.3. The van der Waals surface area contributed by atoms with E-state index in [9.17, 15) is 9.59 Å². The number of hydrogen-bond acceptors (Lipinski definition) is 6. The van der Waals surface area contributed by atoms with Crippen molar-refractivity contribution < 1.29 is 14.7 Å². The van der Waals surface area contributed by atoms with E-state index in [-0.39, 0.29) is 18.8 Å². The van der Waals surface area contributed by atoms with Crippen molar-refractivity contribution in [1.29, 1.82) is 0 Å². The molecular formula is C19H26N4O3. The molecule has 26 heavy (non-hydrogen) atoms. The summed E-state index contributed by atoms with van der Waals surface area (Å²) in [6.45, 7) is 1.83. The van der Waals surface area contributed by atoms with Gasteiger partial charge in [0.05, 0.1) is 13.2 Å². The fourth-order valence-corrected chi connectivity index (χ4v) is 3.43. The Bertz CT molecular complexity index is 699. The highest BCUT2D eigenvalue weighted by Gasteiger charge is 2.30. The van der Waals surface area contributed by atoms with Crippen molar-refractivity contribution in [3.05, 3.63) is 36.0 Å². The molecule has 0 aromatic heterocycles. The number of rotatable bonds is 6. The van der Waals surface area contributed by atoms with Crippen LogP contribution in [0.4, 0.5) is 11.4 Å². The number of likely N-dealkylation sites (N-methyl/N-ethyl adjacent to an activating group) is 1. The first-order valence-corrected chi connectivity index (χ1v) is 8.96. The van der Waals surface area contributed by atoms with Crippen LogP contribution in [0.15, 0.2) is 36.0 Å². The van der Waals surface area contributed by atoms with Crippen LogP contribution in [0.5, 0.6) is 0 Å². The van der Waals surface area contributed by atoms with Crippen LogP contribution >= 0.6 is 0 Å². The summed E-state index contributed by atoms with van der Waals surface area (Å²) in [6.07, 6.45) is 3.67. The molecule has 0 saturated carbocycles. The van der Waals surface area contributed by atoms with Crippen molar-refractivity contribution in [3.8, 4) is 0 Å². The lowest BCUT2D eigenvalue weighted by atomic mass is 10.0. The Morgan fingerprint density at radius 2 is 1.96 bits per heavy atom. The van der Waals surface area contributed by atoms with E-state index in [1.807, 2.05) is 24.3 Å². The quantitative estimate of drug-likeness (QED) is 0.735. The minimum atomic E-state index is -0.405. The second-order valence-corrected chi connectivity index (χ2v) is 6.95. The maximum atomic E-state index is 12.2. The van der Waals surface area contributed by atoms with Gasteiger partial charge in [0.1, 0.15) is 5.70 Å². The van der Waals surface area contributed by atoms with E-state index < -0.39 is 11.8 Å². The van der Waals surface area contributed by atoms with Crippen molar-refractivity contribution in [2.75, 3.05) is 50.6 Å². The van der Waals surface area contributed by atoms with Gasteiger partial charge in [-0.2, -0.15) is 0 Å². The number of benzene rings is 1. The van der Waals surface area contributed by atoms with Gasteiger partial charge in [-0.05, 0) is 51.2 Å². The minimum Gasteiger partial charge on any atom is -0.395 e. The van der Waals surface area contributed by atoms with Crippen LogP contribution in [-0.4, -0.2) is 73.1 Å². The molecule has 1 aromatic carbocycles. The summed E-state index contributed by atoms with van der Waals surface area (Å²) >= 11 is 0. The summed E-state index contributed by atoms with van der Waals surface area (Å²) in [7, 11) is 4.24. The lowest BCUT2D eigenvalue weighted by Crippen LogP contribution is -2.45. The van der Waals surface area contributed by atoms with Crippen LogP contribution in [0.3, 0.4) is 0 Å². The third kappa shape index (κ3) is 3.89. The van der Waals surface area contributed by atoms with Crippen LogP contribution in [0, 0.1) is 0 Å². The lowest BCUT2D eigenvalue weighted by Gasteiger charge is -2.37. The van der Waals surface area contributed by atoms with Crippen molar-refractivity contribution >= 4 is 23.2 Å². The first-order valence-electron chi connectivity index (χ1n) is 8.96. The molecule has 3 rings (SSSR count). The monoisotopic (exact) mass is 358 g/mol. The molecule has 1 atom stereocenters. The number of anilines is 2. The van der Waals surface area contributed by atoms with Gasteiger partial charge < -0.3 is 20.2 Å². The first-order chi connectivity index (χ1) is 12.5. The first kappa shape index (κ1) is 18.4. The molecule has 2 aliphatic heterocycles. The molecular weight excluding hydrogens is 332 g/mol. The minimum absolute atomic E-state index is 0.0142. The molecule has 2 heterocycles. The third-order valence-electron chi connectivity index (χ3n) is 4.97. The van der Waals surface area contributed by atoms with E-state index in [0.29, 0.717) is 6.04 Å². The van der Waals surface area contributed by atoms with Crippen molar-refractivity contribution in [2.45, 2.75) is 18.9 Å². The zero-order valence-electron chi connectivity index (χ0n) is 15.3. The number of piperidine rings is 1. The van der Waals surface area contributed by atoms with Gasteiger partial charge in [-0.1, -0.05) is 0 Å². The standard InChI is InChI=1S/C19H26N4O3/c1-21(2)16-4-3-9-22(13-16)15-7-5-14(6-8-15)20-17-12-18(25)23(10-11-24)19(17)26/h5-8,12,16,20,24H,3-4,9-11,13H2,1-2H3. The van der Waals surface area contributed by atoms with E-state index in [2.05, 4.69) is 29.2 Å². The lowest BCUT2D eigenvalue weighted by molar-refractivity contribution is -0.137. The fourth-order valence-electron chi connectivity index (χ4n) is 3.43. The second-order valence-electron chi connectivity index (χ2n) is 6.95. The highest BCUT2D eigenvalue weighted by molar-refractivity contribution is 6.17. The average molecular weight is 358 g/mol. The number of amides is 2. The molecule has 7 nitrogen and oxygen atoms in total. The van der Waals surface area contributed by atoms with Gasteiger partial charge in [0.15, 0.2) is 0 Å². The number of aliphatic hydroxyl groups is 1. The third-order valence-corrected chi connectivity index (χ3v) is 4.97. The Kier molecular flexibility index (Phi) is 5.58. The summed E-state index contributed by atoms with van der Waals surface area (Å²) < 4.78 is 0. The van der Waals surface area contributed by atoms with E-state index in [4.69, 9.17) is 5.11 Å². The van der Waals surface area contributed by atoms with E-state index in [1.165, 1.54) is 18.9 Å². The Balaban J connectivity index is 1.64. The number of carbonyl (C=O) groups is 2. The van der Waals surface area contributed by atoms with Crippen LogP contribution in [0.2, 0.25) is 0 Å². The summed E-state index contributed by atoms with van der Waals surface area (Å²) in [5.41, 5.74) is 2.15. The van der Waals surface area contributed by atoms with Crippen molar-refractivity contribution in [2.24, 2.45) is 0 Å². The molecule has 2 aliphatic rings. The van der Waals surface area contributed by atoms with E-state index in [1.54, 1.807) is 0 Å². The Labute approximate surface area is 153 Å². The van der Waals surface area contributed by atoms with E-state index >= 15 is 0 Å². The second kappa shape index (κ2) is 7.88.